The van der Waals surface area contributed by atoms with Crippen LogP contribution in [-0.4, -0.2) is 45.9 Å². The van der Waals surface area contributed by atoms with Crippen LogP contribution >= 0.6 is 0 Å². The zero-order valence-corrected chi connectivity index (χ0v) is 21.5. The van der Waals surface area contributed by atoms with Gasteiger partial charge >= 0.3 is 0 Å². The van der Waals surface area contributed by atoms with Gasteiger partial charge in [-0.25, -0.2) is 0 Å². The van der Waals surface area contributed by atoms with Crippen molar-refractivity contribution < 1.29 is 18.7 Å². The van der Waals surface area contributed by atoms with Gasteiger partial charge in [-0.1, -0.05) is 42.5 Å². The number of furan rings is 1. The number of hydrogen-bond donors (Lipinski definition) is 0. The fourth-order valence-corrected chi connectivity index (χ4v) is 4.22. The summed E-state index contributed by atoms with van der Waals surface area (Å²) in [5.41, 5.74) is 3.13. The first-order valence-corrected chi connectivity index (χ1v) is 12.4. The summed E-state index contributed by atoms with van der Waals surface area (Å²) < 4.78 is 12.8. The van der Waals surface area contributed by atoms with E-state index in [1.54, 1.807) is 29.0 Å². The van der Waals surface area contributed by atoms with Crippen molar-refractivity contribution in [2.45, 2.75) is 39.5 Å². The predicted octanol–water partition coefficient (Wildman–Crippen LogP) is 5.22. The van der Waals surface area contributed by atoms with Gasteiger partial charge in [0.05, 0.1) is 19.9 Å². The summed E-state index contributed by atoms with van der Waals surface area (Å²) >= 11 is 0. The minimum atomic E-state index is -0.297. The predicted molar refractivity (Wildman–Crippen MR) is 142 cm³/mol. The molecule has 2 heterocycles. The highest BCUT2D eigenvalue weighted by Gasteiger charge is 2.26. The first-order valence-electron chi connectivity index (χ1n) is 12.4. The molecule has 2 aromatic carbocycles. The summed E-state index contributed by atoms with van der Waals surface area (Å²) in [4.78, 5) is 30.1. The van der Waals surface area contributed by atoms with Gasteiger partial charge in [0.2, 0.25) is 5.91 Å². The molecule has 0 aliphatic carbocycles. The SMILES string of the molecule is COc1cccc(Cn2cccc2CN(Cc2ccccc2)C(=O)CN(C(=O)c2ccco2)C(C)C)c1. The van der Waals surface area contributed by atoms with Crippen molar-refractivity contribution in [3.05, 3.63) is 114 Å². The molecule has 7 heteroatoms. The van der Waals surface area contributed by atoms with E-state index in [0.717, 1.165) is 22.6 Å². The number of rotatable bonds is 11. The number of carbonyl (C=O) groups is 2. The lowest BCUT2D eigenvalue weighted by molar-refractivity contribution is -0.133. The van der Waals surface area contributed by atoms with Gasteiger partial charge in [-0.3, -0.25) is 9.59 Å². The van der Waals surface area contributed by atoms with E-state index in [4.69, 9.17) is 9.15 Å². The van der Waals surface area contributed by atoms with E-state index < -0.39 is 0 Å². The molecule has 0 radical (unpaired) electrons. The summed E-state index contributed by atoms with van der Waals surface area (Å²) in [5.74, 6) is 0.603. The lowest BCUT2D eigenvalue weighted by atomic mass is 10.2. The third-order valence-corrected chi connectivity index (χ3v) is 6.25. The van der Waals surface area contributed by atoms with Crippen LogP contribution in [0.25, 0.3) is 0 Å². The zero-order chi connectivity index (χ0) is 26.2. The molecule has 192 valence electrons. The Balaban J connectivity index is 1.56. The monoisotopic (exact) mass is 499 g/mol. The van der Waals surface area contributed by atoms with Crippen LogP contribution in [0.3, 0.4) is 0 Å². The first kappa shape index (κ1) is 25.8. The molecule has 2 aromatic heterocycles. The first-order chi connectivity index (χ1) is 17.9. The summed E-state index contributed by atoms with van der Waals surface area (Å²) in [6.07, 6.45) is 3.48. The maximum atomic E-state index is 13.7. The molecule has 0 saturated heterocycles. The van der Waals surface area contributed by atoms with Crippen molar-refractivity contribution in [2.75, 3.05) is 13.7 Å². The van der Waals surface area contributed by atoms with Crippen LogP contribution in [0.5, 0.6) is 5.75 Å². The van der Waals surface area contributed by atoms with E-state index >= 15 is 0 Å². The Labute approximate surface area is 217 Å². The molecule has 37 heavy (non-hydrogen) atoms. The molecule has 0 unspecified atom stereocenters. The highest BCUT2D eigenvalue weighted by atomic mass is 16.5. The van der Waals surface area contributed by atoms with E-state index in [1.165, 1.54) is 6.26 Å². The number of methoxy groups -OCH3 is 1. The second-order valence-electron chi connectivity index (χ2n) is 9.22. The van der Waals surface area contributed by atoms with Crippen molar-refractivity contribution >= 4 is 11.8 Å². The molecule has 0 fully saturated rings. The van der Waals surface area contributed by atoms with Crippen molar-refractivity contribution in [1.82, 2.24) is 14.4 Å². The van der Waals surface area contributed by atoms with Crippen molar-refractivity contribution in [3.63, 3.8) is 0 Å². The van der Waals surface area contributed by atoms with Crippen LogP contribution in [0, 0.1) is 0 Å². The van der Waals surface area contributed by atoms with E-state index in [0.29, 0.717) is 19.6 Å². The van der Waals surface area contributed by atoms with E-state index in [1.807, 2.05) is 80.7 Å². The lowest BCUT2D eigenvalue weighted by Crippen LogP contribution is -2.45. The van der Waals surface area contributed by atoms with Gasteiger partial charge < -0.3 is 23.5 Å². The average Bonchev–Trinajstić information content (AvgIpc) is 3.60. The largest absolute Gasteiger partial charge is 0.497 e. The number of nitrogens with zero attached hydrogens (tertiary/aromatic N) is 3. The van der Waals surface area contributed by atoms with Crippen molar-refractivity contribution in [1.29, 1.82) is 0 Å². The number of aromatic nitrogens is 1. The Bertz CT molecular complexity index is 1300. The Hall–Kier alpha value is -4.26. The molecule has 4 aromatic rings. The lowest BCUT2D eigenvalue weighted by Gasteiger charge is -2.30. The van der Waals surface area contributed by atoms with Crippen molar-refractivity contribution in [3.8, 4) is 5.75 Å². The fourth-order valence-electron chi connectivity index (χ4n) is 4.22. The smallest absolute Gasteiger partial charge is 0.290 e. The molecule has 0 atom stereocenters. The molecular formula is C30H33N3O4. The Morgan fingerprint density at radius 3 is 2.41 bits per heavy atom. The van der Waals surface area contributed by atoms with Gasteiger partial charge in [-0.15, -0.1) is 0 Å². The molecule has 0 spiro atoms. The van der Waals surface area contributed by atoms with E-state index in [-0.39, 0.29) is 30.2 Å². The van der Waals surface area contributed by atoms with Crippen LogP contribution in [0.2, 0.25) is 0 Å². The van der Waals surface area contributed by atoms with Crippen LogP contribution < -0.4 is 4.74 Å². The van der Waals surface area contributed by atoms with Crippen LogP contribution in [0.4, 0.5) is 0 Å². The summed E-state index contributed by atoms with van der Waals surface area (Å²) in [6, 6.07) is 25.0. The van der Waals surface area contributed by atoms with Crippen LogP contribution in [0.15, 0.2) is 95.7 Å². The van der Waals surface area contributed by atoms with Gasteiger partial charge in [-0.2, -0.15) is 0 Å². The van der Waals surface area contributed by atoms with Gasteiger partial charge in [-0.05, 0) is 61.4 Å². The quantitative estimate of drug-likeness (QED) is 0.284. The fraction of sp³-hybridized carbons (Fsp3) is 0.267. The van der Waals surface area contributed by atoms with Gasteiger partial charge in [0.25, 0.3) is 5.91 Å². The van der Waals surface area contributed by atoms with E-state index in [9.17, 15) is 9.59 Å². The normalized spacial score (nSPS) is 10.9. The molecule has 0 aliphatic heterocycles. The molecule has 7 nitrogen and oxygen atoms in total. The Kier molecular flexibility index (Phi) is 8.46. The maximum Gasteiger partial charge on any atom is 0.290 e. The van der Waals surface area contributed by atoms with Gasteiger partial charge in [0.1, 0.15) is 12.3 Å². The molecule has 4 rings (SSSR count). The molecular weight excluding hydrogens is 466 g/mol. The summed E-state index contributed by atoms with van der Waals surface area (Å²) in [5, 5.41) is 0. The molecule has 0 aliphatic rings. The second-order valence-corrected chi connectivity index (χ2v) is 9.22. The Morgan fingerprint density at radius 1 is 0.919 bits per heavy atom. The number of amides is 2. The van der Waals surface area contributed by atoms with Crippen LogP contribution in [-0.2, 0) is 24.4 Å². The molecule has 0 saturated carbocycles. The molecule has 0 bridgehead atoms. The van der Waals surface area contributed by atoms with Gasteiger partial charge in [0.15, 0.2) is 5.76 Å². The summed E-state index contributed by atoms with van der Waals surface area (Å²) in [7, 11) is 1.66. The van der Waals surface area contributed by atoms with Gasteiger partial charge in [0, 0.05) is 31.0 Å². The topological polar surface area (TPSA) is 67.9 Å². The number of ether oxygens (including phenoxy) is 1. The molecule has 0 N–H and O–H groups in total. The maximum absolute atomic E-state index is 13.7. The minimum Gasteiger partial charge on any atom is -0.497 e. The highest BCUT2D eigenvalue weighted by molar-refractivity contribution is 5.94. The number of carbonyl (C=O) groups excluding carboxylic acids is 2. The van der Waals surface area contributed by atoms with Crippen LogP contribution in [0.1, 0.15) is 41.2 Å². The third kappa shape index (κ3) is 6.70. The minimum absolute atomic E-state index is 0.0410. The highest BCUT2D eigenvalue weighted by Crippen LogP contribution is 2.18. The standard InChI is InChI=1S/C30H33N3O4/c1-23(2)33(30(35)28-15-9-17-37-28)22-29(34)32(19-24-10-5-4-6-11-24)21-26-13-8-16-31(26)20-25-12-7-14-27(18-25)36-3/h4-18,23H,19-22H2,1-3H3. The van der Waals surface area contributed by atoms with Crippen molar-refractivity contribution in [2.24, 2.45) is 0 Å². The van der Waals surface area contributed by atoms with E-state index in [2.05, 4.69) is 10.6 Å². The Morgan fingerprint density at radius 2 is 1.70 bits per heavy atom. The number of hydrogen-bond acceptors (Lipinski definition) is 4. The molecule has 2 amide bonds. The second kappa shape index (κ2) is 12.1. The summed E-state index contributed by atoms with van der Waals surface area (Å²) in [6.45, 7) is 5.25. The third-order valence-electron chi connectivity index (χ3n) is 6.25. The average molecular weight is 500 g/mol. The zero-order valence-electron chi connectivity index (χ0n) is 21.5. The number of benzene rings is 2.